The summed E-state index contributed by atoms with van der Waals surface area (Å²) in [5, 5.41) is 0. The van der Waals surface area contributed by atoms with E-state index in [1.165, 1.54) is 0 Å². The predicted octanol–water partition coefficient (Wildman–Crippen LogP) is 2.10. The topological polar surface area (TPSA) is 55.4 Å². The van der Waals surface area contributed by atoms with E-state index in [9.17, 15) is 8.42 Å². The molecule has 1 aromatic carbocycles. The average Bonchev–Trinajstić information content (AvgIpc) is 2.92. The van der Waals surface area contributed by atoms with Crippen molar-refractivity contribution >= 4 is 10.0 Å². The van der Waals surface area contributed by atoms with Gasteiger partial charge in [-0.15, -0.1) is 0 Å². The van der Waals surface area contributed by atoms with Crippen molar-refractivity contribution in [1.82, 2.24) is 4.72 Å². The highest BCUT2D eigenvalue weighted by molar-refractivity contribution is 7.89. The van der Waals surface area contributed by atoms with Gasteiger partial charge in [-0.25, -0.2) is 13.1 Å². The molecule has 0 aliphatic carbocycles. The molecular formula is C14H21NO3S. The molecule has 0 aromatic heterocycles. The Balaban J connectivity index is 1.89. The van der Waals surface area contributed by atoms with Crippen LogP contribution in [-0.2, 0) is 21.2 Å². The maximum absolute atomic E-state index is 12.1. The third-order valence-corrected chi connectivity index (χ3v) is 4.90. The van der Waals surface area contributed by atoms with E-state index in [1.807, 2.05) is 19.1 Å². The van der Waals surface area contributed by atoms with Crippen molar-refractivity contribution in [2.45, 2.75) is 43.6 Å². The van der Waals surface area contributed by atoms with Gasteiger partial charge in [0.25, 0.3) is 0 Å². The summed E-state index contributed by atoms with van der Waals surface area (Å²) in [5.41, 5.74) is 1.14. The van der Waals surface area contributed by atoms with Crippen molar-refractivity contribution in [3.05, 3.63) is 29.8 Å². The summed E-state index contributed by atoms with van der Waals surface area (Å²) in [5.74, 6) is 0. The minimum atomic E-state index is -3.38. The summed E-state index contributed by atoms with van der Waals surface area (Å²) in [4.78, 5) is 0.331. The number of hydrogen-bond acceptors (Lipinski definition) is 3. The Morgan fingerprint density at radius 2 is 2.05 bits per heavy atom. The van der Waals surface area contributed by atoms with E-state index in [-0.39, 0.29) is 6.10 Å². The van der Waals surface area contributed by atoms with Gasteiger partial charge in [-0.05, 0) is 43.4 Å². The molecule has 1 aliphatic heterocycles. The first-order valence-electron chi connectivity index (χ1n) is 6.82. The second-order valence-electron chi connectivity index (χ2n) is 4.82. The van der Waals surface area contributed by atoms with Crippen LogP contribution in [-0.4, -0.2) is 27.7 Å². The third kappa shape index (κ3) is 4.03. The van der Waals surface area contributed by atoms with Gasteiger partial charge in [-0.3, -0.25) is 0 Å². The fraction of sp³-hybridized carbons (Fsp3) is 0.571. The first-order valence-corrected chi connectivity index (χ1v) is 8.30. The van der Waals surface area contributed by atoms with Gasteiger partial charge in [0.2, 0.25) is 10.0 Å². The summed E-state index contributed by atoms with van der Waals surface area (Å²) in [7, 11) is -3.38. The van der Waals surface area contributed by atoms with Crippen molar-refractivity contribution in [3.8, 4) is 0 Å². The Morgan fingerprint density at radius 1 is 1.32 bits per heavy atom. The monoisotopic (exact) mass is 283 g/mol. The number of rotatable bonds is 6. The molecule has 1 aromatic rings. The molecule has 0 saturated carbocycles. The molecule has 1 N–H and O–H groups in total. The van der Waals surface area contributed by atoms with Crippen LogP contribution in [0.25, 0.3) is 0 Å². The quantitative estimate of drug-likeness (QED) is 0.870. The van der Waals surface area contributed by atoms with Crippen LogP contribution in [0, 0.1) is 0 Å². The van der Waals surface area contributed by atoms with Gasteiger partial charge in [0, 0.05) is 13.2 Å². The van der Waals surface area contributed by atoms with E-state index in [0.29, 0.717) is 11.4 Å². The largest absolute Gasteiger partial charge is 0.378 e. The van der Waals surface area contributed by atoms with Gasteiger partial charge < -0.3 is 4.74 Å². The van der Waals surface area contributed by atoms with Crippen LogP contribution in [0.1, 0.15) is 31.7 Å². The molecule has 0 bridgehead atoms. The Hall–Kier alpha value is -0.910. The molecule has 4 nitrogen and oxygen atoms in total. The van der Waals surface area contributed by atoms with E-state index in [0.717, 1.165) is 37.9 Å². The smallest absolute Gasteiger partial charge is 0.240 e. The fourth-order valence-electron chi connectivity index (χ4n) is 2.21. The number of benzene rings is 1. The predicted molar refractivity (Wildman–Crippen MR) is 74.6 cm³/mol. The average molecular weight is 283 g/mol. The Kier molecular flexibility index (Phi) is 4.96. The SMILES string of the molecule is CCc1ccc(S(=O)(=O)NCCC2CCCO2)cc1. The van der Waals surface area contributed by atoms with Gasteiger partial charge in [0.1, 0.15) is 0 Å². The van der Waals surface area contributed by atoms with Crippen LogP contribution in [0.4, 0.5) is 0 Å². The molecule has 1 fully saturated rings. The normalized spacial score (nSPS) is 19.7. The highest BCUT2D eigenvalue weighted by Gasteiger charge is 2.17. The van der Waals surface area contributed by atoms with Crippen molar-refractivity contribution in [3.63, 3.8) is 0 Å². The summed E-state index contributed by atoms with van der Waals surface area (Å²) in [6, 6.07) is 7.03. The van der Waals surface area contributed by atoms with Crippen molar-refractivity contribution in [2.24, 2.45) is 0 Å². The van der Waals surface area contributed by atoms with Crippen molar-refractivity contribution in [1.29, 1.82) is 0 Å². The van der Waals surface area contributed by atoms with Crippen LogP contribution < -0.4 is 4.72 Å². The number of hydrogen-bond donors (Lipinski definition) is 1. The zero-order chi connectivity index (χ0) is 13.7. The minimum Gasteiger partial charge on any atom is -0.378 e. The van der Waals surface area contributed by atoms with Gasteiger partial charge in [-0.1, -0.05) is 19.1 Å². The molecule has 5 heteroatoms. The second kappa shape index (κ2) is 6.50. The van der Waals surface area contributed by atoms with Crippen LogP contribution in [0.2, 0.25) is 0 Å². The lowest BCUT2D eigenvalue weighted by atomic mass is 10.2. The molecule has 0 radical (unpaired) electrons. The maximum Gasteiger partial charge on any atom is 0.240 e. The Bertz CT molecular complexity index is 490. The molecule has 1 heterocycles. The Morgan fingerprint density at radius 3 is 2.63 bits per heavy atom. The summed E-state index contributed by atoms with van der Waals surface area (Å²) in [6.07, 6.45) is 3.98. The summed E-state index contributed by atoms with van der Waals surface area (Å²) >= 11 is 0. The number of aryl methyl sites for hydroxylation is 1. The summed E-state index contributed by atoms with van der Waals surface area (Å²) < 4.78 is 32.2. The van der Waals surface area contributed by atoms with Gasteiger partial charge in [0.05, 0.1) is 11.0 Å². The van der Waals surface area contributed by atoms with Crippen molar-refractivity contribution in [2.75, 3.05) is 13.2 Å². The number of nitrogens with one attached hydrogen (secondary N) is 1. The first kappa shape index (κ1) is 14.5. The van der Waals surface area contributed by atoms with E-state index in [1.54, 1.807) is 12.1 Å². The minimum absolute atomic E-state index is 0.213. The number of ether oxygens (including phenoxy) is 1. The number of sulfonamides is 1. The zero-order valence-electron chi connectivity index (χ0n) is 11.3. The van der Waals surface area contributed by atoms with E-state index < -0.39 is 10.0 Å². The molecule has 1 unspecified atom stereocenters. The molecule has 19 heavy (non-hydrogen) atoms. The third-order valence-electron chi connectivity index (χ3n) is 3.42. The highest BCUT2D eigenvalue weighted by atomic mass is 32.2. The van der Waals surface area contributed by atoms with Gasteiger partial charge >= 0.3 is 0 Å². The van der Waals surface area contributed by atoms with Crippen LogP contribution >= 0.6 is 0 Å². The van der Waals surface area contributed by atoms with Gasteiger partial charge in [-0.2, -0.15) is 0 Å². The molecule has 106 valence electrons. The summed E-state index contributed by atoms with van der Waals surface area (Å²) in [6.45, 7) is 3.28. The molecule has 1 atom stereocenters. The lowest BCUT2D eigenvalue weighted by molar-refractivity contribution is 0.105. The Labute approximate surface area is 115 Å². The lowest BCUT2D eigenvalue weighted by Gasteiger charge is -2.10. The van der Waals surface area contributed by atoms with Crippen molar-refractivity contribution < 1.29 is 13.2 Å². The maximum atomic E-state index is 12.1. The second-order valence-corrected chi connectivity index (χ2v) is 6.59. The van der Waals surface area contributed by atoms with E-state index >= 15 is 0 Å². The molecule has 0 spiro atoms. The molecule has 1 saturated heterocycles. The fourth-order valence-corrected chi connectivity index (χ4v) is 3.26. The molecule has 0 amide bonds. The van der Waals surface area contributed by atoms with Crippen LogP contribution in [0.3, 0.4) is 0 Å². The zero-order valence-corrected chi connectivity index (χ0v) is 12.1. The lowest BCUT2D eigenvalue weighted by Crippen LogP contribution is -2.27. The van der Waals surface area contributed by atoms with E-state index in [2.05, 4.69) is 4.72 Å². The van der Waals surface area contributed by atoms with Crippen LogP contribution in [0.5, 0.6) is 0 Å². The van der Waals surface area contributed by atoms with Gasteiger partial charge in [0.15, 0.2) is 0 Å². The molecule has 2 rings (SSSR count). The standard InChI is InChI=1S/C14H21NO3S/c1-2-12-5-7-14(8-6-12)19(16,17)15-10-9-13-4-3-11-18-13/h5-8,13,15H,2-4,9-11H2,1H3. The van der Waals surface area contributed by atoms with E-state index in [4.69, 9.17) is 4.74 Å². The molecule has 1 aliphatic rings. The molecular weight excluding hydrogens is 262 g/mol. The first-order chi connectivity index (χ1) is 9.12. The van der Waals surface area contributed by atoms with Crippen LogP contribution in [0.15, 0.2) is 29.2 Å². The highest BCUT2D eigenvalue weighted by Crippen LogP contribution is 2.15.